The average molecular weight is 450 g/mol. The minimum absolute atomic E-state index is 0.0131. The van der Waals surface area contributed by atoms with Crippen molar-refractivity contribution in [3.63, 3.8) is 0 Å². The molecule has 2 N–H and O–H groups in total. The number of aliphatic carboxylic acids is 1. The number of fused-ring (bicyclic) bond motifs is 1. The van der Waals surface area contributed by atoms with Crippen molar-refractivity contribution in [2.45, 2.75) is 25.7 Å². The van der Waals surface area contributed by atoms with Gasteiger partial charge < -0.3 is 14.4 Å². The van der Waals surface area contributed by atoms with Crippen molar-refractivity contribution in [3.05, 3.63) is 36.8 Å². The zero-order valence-electron chi connectivity index (χ0n) is 15.9. The topological polar surface area (TPSA) is 153 Å². The molecule has 166 valence electrons. The lowest BCUT2D eigenvalue weighted by molar-refractivity contribution is -0.150. The van der Waals surface area contributed by atoms with Gasteiger partial charge in [0.2, 0.25) is 17.4 Å². The lowest BCUT2D eigenvalue weighted by Crippen LogP contribution is -2.10. The van der Waals surface area contributed by atoms with Gasteiger partial charge in [0.15, 0.2) is 6.73 Å². The molecule has 0 bridgehead atoms. The smallest absolute Gasteiger partial charge is 0.451 e. The van der Waals surface area contributed by atoms with E-state index in [1.54, 1.807) is 12.3 Å². The third kappa shape index (κ3) is 4.26. The van der Waals surface area contributed by atoms with Crippen LogP contribution in [0.15, 0.2) is 31.0 Å². The maximum Gasteiger partial charge on any atom is 0.451 e. The van der Waals surface area contributed by atoms with E-state index in [1.165, 1.54) is 27.7 Å². The fourth-order valence-electron chi connectivity index (χ4n) is 2.76. The van der Waals surface area contributed by atoms with E-state index in [0.29, 0.717) is 0 Å². The minimum atomic E-state index is -4.71. The van der Waals surface area contributed by atoms with Crippen molar-refractivity contribution in [2.75, 3.05) is 0 Å². The first-order valence-corrected chi connectivity index (χ1v) is 8.95. The summed E-state index contributed by atoms with van der Waals surface area (Å²) in [5.41, 5.74) is 0.566. The van der Waals surface area contributed by atoms with Gasteiger partial charge in [0, 0.05) is 18.6 Å². The second-order valence-corrected chi connectivity index (χ2v) is 6.42. The van der Waals surface area contributed by atoms with E-state index in [9.17, 15) is 22.8 Å². The van der Waals surface area contributed by atoms with E-state index in [4.69, 9.17) is 9.84 Å². The van der Waals surface area contributed by atoms with Crippen molar-refractivity contribution in [3.8, 4) is 22.9 Å². The molecule has 0 aromatic carbocycles. The van der Waals surface area contributed by atoms with Crippen molar-refractivity contribution < 1.29 is 32.6 Å². The van der Waals surface area contributed by atoms with Gasteiger partial charge in [0.05, 0.1) is 19.2 Å². The number of imidazole rings is 2. The monoisotopic (exact) mass is 450 g/mol. The molecule has 0 fully saturated rings. The number of carbonyl (C=O) groups excluding carboxylic acids is 1. The number of ether oxygens (including phenoxy) is 1. The third-order valence-corrected chi connectivity index (χ3v) is 4.16. The van der Waals surface area contributed by atoms with Crippen LogP contribution in [-0.2, 0) is 27.2 Å². The maximum atomic E-state index is 12.9. The summed E-state index contributed by atoms with van der Waals surface area (Å²) in [4.78, 5) is 38.1. The molecular weight excluding hydrogens is 437 g/mol. The van der Waals surface area contributed by atoms with Crippen molar-refractivity contribution in [2.24, 2.45) is 0 Å². The van der Waals surface area contributed by atoms with Gasteiger partial charge in [-0.25, -0.2) is 19.9 Å². The average Bonchev–Trinajstić information content (AvgIpc) is 3.47. The summed E-state index contributed by atoms with van der Waals surface area (Å²) in [6.07, 6.45) is 0.505. The number of nitrogens with zero attached hydrogens (tertiary/aromatic N) is 7. The molecule has 0 spiro atoms. The van der Waals surface area contributed by atoms with Gasteiger partial charge in [-0.15, -0.1) is 0 Å². The molecule has 0 radical (unpaired) electrons. The van der Waals surface area contributed by atoms with E-state index in [0.717, 1.165) is 0 Å². The number of rotatable bonds is 7. The molecule has 0 saturated heterocycles. The molecule has 4 aromatic rings. The van der Waals surface area contributed by atoms with Crippen LogP contribution < -0.4 is 0 Å². The highest BCUT2D eigenvalue weighted by molar-refractivity contribution is 5.77. The Hall–Kier alpha value is -4.30. The van der Waals surface area contributed by atoms with E-state index in [-0.39, 0.29) is 48.3 Å². The van der Waals surface area contributed by atoms with Crippen LogP contribution in [0.25, 0.3) is 28.7 Å². The Bertz CT molecular complexity index is 1290. The summed E-state index contributed by atoms with van der Waals surface area (Å²) in [7, 11) is 0. The predicted molar refractivity (Wildman–Crippen MR) is 97.5 cm³/mol. The number of aromatic nitrogens is 8. The number of halogens is 3. The highest BCUT2D eigenvalue weighted by Crippen LogP contribution is 2.32. The summed E-state index contributed by atoms with van der Waals surface area (Å²) in [6.45, 7) is -0.241. The highest BCUT2D eigenvalue weighted by atomic mass is 19.4. The first-order valence-electron chi connectivity index (χ1n) is 8.95. The quantitative estimate of drug-likeness (QED) is 0.401. The zero-order chi connectivity index (χ0) is 22.9. The second kappa shape index (κ2) is 8.09. The second-order valence-electron chi connectivity index (χ2n) is 6.42. The largest absolute Gasteiger partial charge is 0.481 e. The summed E-state index contributed by atoms with van der Waals surface area (Å²) in [6, 6.07) is 1.60. The molecule has 15 heteroatoms. The molecule has 0 atom stereocenters. The number of nitrogens with one attached hydrogen (secondary N) is 1. The van der Waals surface area contributed by atoms with Gasteiger partial charge in [-0.3, -0.25) is 19.1 Å². The van der Waals surface area contributed by atoms with Gasteiger partial charge in [-0.05, 0) is 6.07 Å². The van der Waals surface area contributed by atoms with Crippen molar-refractivity contribution >= 4 is 17.7 Å². The predicted octanol–water partition coefficient (Wildman–Crippen LogP) is 1.76. The molecule has 0 aliphatic heterocycles. The Kier molecular flexibility index (Phi) is 5.29. The number of alkyl halides is 3. The standard InChI is InChI=1S/C17H13F3N8O4/c18-17(19,20)15-24-14(25-26-15)12-13(28-5-1-4-21-16(28)23-12)9-6-27(7-22-9)8-32-11(31)3-2-10(29)30/h1,4-7H,2-3,8H2,(H,29,30)(H,24,25,26). The van der Waals surface area contributed by atoms with Crippen LogP contribution in [0, 0.1) is 0 Å². The molecule has 4 heterocycles. The number of esters is 1. The Morgan fingerprint density at radius 2 is 2.00 bits per heavy atom. The molecule has 0 amide bonds. The van der Waals surface area contributed by atoms with Gasteiger partial charge in [0.25, 0.3) is 0 Å². The van der Waals surface area contributed by atoms with E-state index in [2.05, 4.69) is 25.0 Å². The molecule has 12 nitrogen and oxygen atoms in total. The van der Waals surface area contributed by atoms with E-state index < -0.39 is 23.9 Å². The zero-order valence-corrected chi connectivity index (χ0v) is 15.9. The normalized spacial score (nSPS) is 11.7. The number of H-pyrrole nitrogens is 1. The fourth-order valence-corrected chi connectivity index (χ4v) is 2.76. The Morgan fingerprint density at radius 3 is 2.72 bits per heavy atom. The molecule has 0 saturated carbocycles. The minimum Gasteiger partial charge on any atom is -0.481 e. The highest BCUT2D eigenvalue weighted by Gasteiger charge is 2.36. The van der Waals surface area contributed by atoms with Crippen LogP contribution in [0.3, 0.4) is 0 Å². The van der Waals surface area contributed by atoms with Crippen molar-refractivity contribution in [1.29, 1.82) is 0 Å². The lowest BCUT2D eigenvalue weighted by Gasteiger charge is -2.04. The molecule has 4 aromatic heterocycles. The van der Waals surface area contributed by atoms with Gasteiger partial charge in [0.1, 0.15) is 17.1 Å². The van der Waals surface area contributed by atoms with Crippen LogP contribution in [0.1, 0.15) is 18.7 Å². The van der Waals surface area contributed by atoms with Crippen LogP contribution in [0.2, 0.25) is 0 Å². The first kappa shape index (κ1) is 21.0. The van der Waals surface area contributed by atoms with Crippen LogP contribution >= 0.6 is 0 Å². The molecule has 0 unspecified atom stereocenters. The van der Waals surface area contributed by atoms with Gasteiger partial charge in [-0.2, -0.15) is 18.3 Å². The molecular formula is C17H13F3N8O4. The molecule has 4 rings (SSSR count). The van der Waals surface area contributed by atoms with E-state index >= 15 is 0 Å². The Morgan fingerprint density at radius 1 is 1.19 bits per heavy atom. The number of carboxylic acid groups (broad SMARTS) is 1. The summed E-state index contributed by atoms with van der Waals surface area (Å²) in [5, 5.41) is 14.1. The van der Waals surface area contributed by atoms with Crippen molar-refractivity contribution in [1.82, 2.24) is 39.1 Å². The summed E-state index contributed by atoms with van der Waals surface area (Å²) >= 11 is 0. The number of aromatic amines is 1. The van der Waals surface area contributed by atoms with Gasteiger partial charge >= 0.3 is 18.1 Å². The Labute approximate surface area is 175 Å². The van der Waals surface area contributed by atoms with Crippen LogP contribution in [-0.4, -0.2) is 56.1 Å². The molecule has 0 aliphatic carbocycles. The Balaban J connectivity index is 1.65. The summed E-state index contributed by atoms with van der Waals surface area (Å²) in [5.74, 6) is -3.22. The lowest BCUT2D eigenvalue weighted by atomic mass is 10.2. The number of carbonyl (C=O) groups is 2. The number of carboxylic acids is 1. The number of hydrogen-bond donors (Lipinski definition) is 2. The fraction of sp³-hybridized carbons (Fsp3) is 0.235. The van der Waals surface area contributed by atoms with Crippen LogP contribution in [0.5, 0.6) is 0 Å². The van der Waals surface area contributed by atoms with Crippen LogP contribution in [0.4, 0.5) is 13.2 Å². The van der Waals surface area contributed by atoms with E-state index in [1.807, 2.05) is 5.10 Å². The first-order chi connectivity index (χ1) is 15.2. The third-order valence-electron chi connectivity index (χ3n) is 4.16. The molecule has 0 aliphatic rings. The SMILES string of the molecule is O=C(O)CCC(=O)OCn1cnc(-c2c(-c3n[nH]c(C(F)(F)F)n3)nc3ncccn23)c1. The summed E-state index contributed by atoms with van der Waals surface area (Å²) < 4.78 is 46.7. The maximum absolute atomic E-state index is 12.9. The molecule has 32 heavy (non-hydrogen) atoms. The number of hydrogen-bond acceptors (Lipinski definition) is 8. The van der Waals surface area contributed by atoms with Gasteiger partial charge in [-0.1, -0.05) is 0 Å².